The summed E-state index contributed by atoms with van der Waals surface area (Å²) < 4.78 is 11.7. The van der Waals surface area contributed by atoms with Crippen molar-refractivity contribution in [2.75, 3.05) is 4.90 Å². The molecule has 1 N–H and O–H groups in total. The molecule has 41 heavy (non-hydrogen) atoms. The summed E-state index contributed by atoms with van der Waals surface area (Å²) in [6.07, 6.45) is 1.45. The molecule has 1 fully saturated rings. The molecule has 0 aliphatic carbocycles. The number of carbonyl (C=O) groups excluding carboxylic acids is 3. The third kappa shape index (κ3) is 6.83. The maximum Gasteiger partial charge on any atom is 0.335 e. The lowest BCUT2D eigenvalue weighted by Crippen LogP contribution is -2.54. The van der Waals surface area contributed by atoms with Gasteiger partial charge in [-0.2, -0.15) is 0 Å². The van der Waals surface area contributed by atoms with Crippen LogP contribution in [0.1, 0.15) is 27.8 Å². The van der Waals surface area contributed by atoms with Gasteiger partial charge >= 0.3 is 6.03 Å². The molecule has 0 spiro atoms. The molecule has 206 valence electrons. The van der Waals surface area contributed by atoms with E-state index >= 15 is 0 Å². The molecule has 8 heteroatoms. The molecule has 4 aromatic rings. The fraction of sp³-hybridized carbons (Fsp3) is 0.121. The predicted octanol–water partition coefficient (Wildman–Crippen LogP) is 6.78. The fourth-order valence-corrected chi connectivity index (χ4v) is 4.60. The number of anilines is 1. The molecule has 0 bridgehead atoms. The second-order valence-corrected chi connectivity index (χ2v) is 10.2. The van der Waals surface area contributed by atoms with Crippen LogP contribution in [0.3, 0.4) is 0 Å². The summed E-state index contributed by atoms with van der Waals surface area (Å²) in [5.74, 6) is -0.265. The number of hydrogen-bond acceptors (Lipinski definition) is 5. The minimum atomic E-state index is -0.817. The lowest BCUT2D eigenvalue weighted by molar-refractivity contribution is -0.122. The third-order valence-corrected chi connectivity index (χ3v) is 6.65. The van der Waals surface area contributed by atoms with Gasteiger partial charge in [-0.25, -0.2) is 9.69 Å². The largest absolute Gasteiger partial charge is 0.489 e. The molecule has 1 heterocycles. The van der Waals surface area contributed by atoms with Gasteiger partial charge in [-0.3, -0.25) is 14.9 Å². The van der Waals surface area contributed by atoms with E-state index in [1.54, 1.807) is 60.7 Å². The number of aryl methyl sites for hydroxylation is 2. The summed E-state index contributed by atoms with van der Waals surface area (Å²) in [7, 11) is 0. The summed E-state index contributed by atoms with van der Waals surface area (Å²) in [6.45, 7) is 4.84. The summed E-state index contributed by atoms with van der Waals surface area (Å²) >= 11 is 5.92. The highest BCUT2D eigenvalue weighted by molar-refractivity contribution is 6.39. The van der Waals surface area contributed by atoms with Crippen LogP contribution < -0.4 is 19.7 Å². The maximum absolute atomic E-state index is 13.3. The molecule has 0 radical (unpaired) electrons. The topological polar surface area (TPSA) is 84.9 Å². The van der Waals surface area contributed by atoms with Crippen LogP contribution in [0.25, 0.3) is 6.08 Å². The molecule has 5 rings (SSSR count). The van der Waals surface area contributed by atoms with Crippen LogP contribution in [0.5, 0.6) is 11.5 Å². The number of nitrogens with zero attached hydrogens (tertiary/aromatic N) is 1. The van der Waals surface area contributed by atoms with Crippen molar-refractivity contribution in [1.29, 1.82) is 0 Å². The van der Waals surface area contributed by atoms with Gasteiger partial charge in [-0.05, 0) is 85.1 Å². The number of benzene rings is 4. The van der Waals surface area contributed by atoms with Crippen molar-refractivity contribution in [3.63, 3.8) is 0 Å². The molecule has 0 unspecified atom stereocenters. The van der Waals surface area contributed by atoms with E-state index in [0.29, 0.717) is 41.0 Å². The molecule has 4 amide bonds. The number of rotatable bonds is 8. The minimum absolute atomic E-state index is 0.156. The Labute approximate surface area is 243 Å². The normalized spacial score (nSPS) is 14.3. The maximum atomic E-state index is 13.3. The van der Waals surface area contributed by atoms with Crippen LogP contribution in [0.15, 0.2) is 96.6 Å². The van der Waals surface area contributed by atoms with Crippen LogP contribution in [0.4, 0.5) is 10.5 Å². The van der Waals surface area contributed by atoms with Crippen molar-refractivity contribution in [2.45, 2.75) is 27.1 Å². The van der Waals surface area contributed by atoms with Crippen LogP contribution >= 0.6 is 11.6 Å². The first-order chi connectivity index (χ1) is 19.7. The van der Waals surface area contributed by atoms with E-state index in [-0.39, 0.29) is 5.57 Å². The Kier molecular flexibility index (Phi) is 8.17. The van der Waals surface area contributed by atoms with E-state index < -0.39 is 17.8 Å². The van der Waals surface area contributed by atoms with Crippen molar-refractivity contribution in [3.8, 4) is 11.5 Å². The monoisotopic (exact) mass is 566 g/mol. The van der Waals surface area contributed by atoms with Crippen LogP contribution in [-0.4, -0.2) is 17.8 Å². The highest BCUT2D eigenvalue weighted by Crippen LogP contribution is 2.25. The lowest BCUT2D eigenvalue weighted by atomic mass is 10.1. The van der Waals surface area contributed by atoms with Crippen molar-refractivity contribution in [3.05, 3.63) is 129 Å². The van der Waals surface area contributed by atoms with E-state index in [0.717, 1.165) is 16.0 Å². The van der Waals surface area contributed by atoms with Gasteiger partial charge in [0.25, 0.3) is 11.8 Å². The second-order valence-electron chi connectivity index (χ2n) is 9.72. The number of hydrogen-bond donors (Lipinski definition) is 1. The SMILES string of the molecule is Cc1cc(C)cc(COc2ccc(/C=C3\C(=O)NC(=O)N(c4ccc(OCc5ccc(Cl)cc5)cc4)C3=O)cc2)c1. The average Bonchev–Trinajstić information content (AvgIpc) is 2.94. The number of urea groups is 1. The van der Waals surface area contributed by atoms with Gasteiger partial charge in [0.2, 0.25) is 0 Å². The van der Waals surface area contributed by atoms with E-state index in [2.05, 4.69) is 23.5 Å². The quantitative estimate of drug-likeness (QED) is 0.188. The number of halogens is 1. The number of nitrogens with one attached hydrogen (secondary N) is 1. The fourth-order valence-electron chi connectivity index (χ4n) is 4.48. The number of imide groups is 2. The van der Waals surface area contributed by atoms with Gasteiger partial charge in [-0.1, -0.05) is 65.2 Å². The Hall–Kier alpha value is -4.88. The van der Waals surface area contributed by atoms with Crippen molar-refractivity contribution in [2.24, 2.45) is 0 Å². The smallest absolute Gasteiger partial charge is 0.335 e. The second kappa shape index (κ2) is 12.1. The van der Waals surface area contributed by atoms with Crippen molar-refractivity contribution < 1.29 is 23.9 Å². The number of barbiturate groups is 1. The molecule has 1 saturated heterocycles. The first-order valence-electron chi connectivity index (χ1n) is 12.9. The highest BCUT2D eigenvalue weighted by atomic mass is 35.5. The Morgan fingerprint density at radius 2 is 1.29 bits per heavy atom. The predicted molar refractivity (Wildman–Crippen MR) is 158 cm³/mol. The lowest BCUT2D eigenvalue weighted by Gasteiger charge is -2.26. The zero-order valence-electron chi connectivity index (χ0n) is 22.5. The van der Waals surface area contributed by atoms with E-state index in [1.807, 2.05) is 26.0 Å². The molecular formula is C33H27ClN2O5. The molecule has 1 aliphatic heterocycles. The minimum Gasteiger partial charge on any atom is -0.489 e. The van der Waals surface area contributed by atoms with Crippen LogP contribution in [0.2, 0.25) is 5.02 Å². The summed E-state index contributed by atoms with van der Waals surface area (Å²) in [6, 6.07) is 26.3. The Balaban J connectivity index is 1.26. The van der Waals surface area contributed by atoms with E-state index in [9.17, 15) is 14.4 Å². The number of amides is 4. The number of carbonyl (C=O) groups is 3. The molecule has 4 aromatic carbocycles. The molecule has 7 nitrogen and oxygen atoms in total. The molecule has 0 aromatic heterocycles. The van der Waals surface area contributed by atoms with E-state index in [4.69, 9.17) is 21.1 Å². The Morgan fingerprint density at radius 3 is 1.90 bits per heavy atom. The van der Waals surface area contributed by atoms with Crippen LogP contribution in [0, 0.1) is 13.8 Å². The third-order valence-electron chi connectivity index (χ3n) is 6.39. The molecule has 0 saturated carbocycles. The summed E-state index contributed by atoms with van der Waals surface area (Å²) in [5, 5.41) is 2.89. The highest BCUT2D eigenvalue weighted by Gasteiger charge is 2.36. The zero-order chi connectivity index (χ0) is 28.9. The number of ether oxygens (including phenoxy) is 2. The van der Waals surface area contributed by atoms with Crippen molar-refractivity contribution >= 4 is 41.2 Å². The van der Waals surface area contributed by atoms with Gasteiger partial charge in [-0.15, -0.1) is 0 Å². The summed E-state index contributed by atoms with van der Waals surface area (Å²) in [5.41, 5.74) is 5.13. The van der Waals surface area contributed by atoms with E-state index in [1.165, 1.54) is 17.2 Å². The van der Waals surface area contributed by atoms with Gasteiger partial charge < -0.3 is 9.47 Å². The van der Waals surface area contributed by atoms with Gasteiger partial charge in [0, 0.05) is 5.02 Å². The first-order valence-corrected chi connectivity index (χ1v) is 13.3. The summed E-state index contributed by atoms with van der Waals surface area (Å²) in [4.78, 5) is 39.4. The van der Waals surface area contributed by atoms with Crippen molar-refractivity contribution in [1.82, 2.24) is 5.32 Å². The Bertz CT molecular complexity index is 1610. The molecule has 0 atom stereocenters. The van der Waals surface area contributed by atoms with Gasteiger partial charge in [0.1, 0.15) is 30.3 Å². The zero-order valence-corrected chi connectivity index (χ0v) is 23.3. The standard InChI is InChI=1S/C33H27ClN2O5/c1-21-15-22(2)17-25(16-21)20-41-28-11-5-23(6-12-28)18-30-31(37)35-33(39)36(32(30)38)27-9-13-29(14-10-27)40-19-24-3-7-26(34)8-4-24/h3-18H,19-20H2,1-2H3,(H,35,37,39)/b30-18+. The van der Waals surface area contributed by atoms with Crippen LogP contribution in [-0.2, 0) is 22.8 Å². The molecular weight excluding hydrogens is 540 g/mol. The molecule has 1 aliphatic rings. The average molecular weight is 567 g/mol. The van der Waals surface area contributed by atoms with Gasteiger partial charge in [0.05, 0.1) is 5.69 Å². The Morgan fingerprint density at radius 1 is 0.732 bits per heavy atom. The van der Waals surface area contributed by atoms with Gasteiger partial charge in [0.15, 0.2) is 0 Å². The first kappa shape index (κ1) is 27.7.